The van der Waals surface area contributed by atoms with Gasteiger partial charge in [0.05, 0.1) is 0 Å². The number of carbonyl (C=O) groups is 1. The lowest BCUT2D eigenvalue weighted by atomic mass is 9.83. The minimum Gasteiger partial charge on any atom is -0.353 e. The summed E-state index contributed by atoms with van der Waals surface area (Å²) < 4.78 is 0. The predicted molar refractivity (Wildman–Crippen MR) is 66.0 cm³/mol. The SMILES string of the molecule is CC(NC(=O)C(C)(C)C)C1CC2CCC1C2. The molecule has 2 bridgehead atoms. The van der Waals surface area contributed by atoms with Crippen molar-refractivity contribution in [2.24, 2.45) is 23.2 Å². The molecule has 16 heavy (non-hydrogen) atoms. The second-order valence-electron chi connectivity index (χ2n) is 6.85. The molecule has 0 aromatic carbocycles. The van der Waals surface area contributed by atoms with Crippen LogP contribution in [0.2, 0.25) is 0 Å². The van der Waals surface area contributed by atoms with Gasteiger partial charge in [-0.1, -0.05) is 27.2 Å². The van der Waals surface area contributed by atoms with Crippen LogP contribution in [0, 0.1) is 23.2 Å². The molecule has 2 aliphatic rings. The number of fused-ring (bicyclic) bond motifs is 2. The van der Waals surface area contributed by atoms with Crippen molar-refractivity contribution in [3.63, 3.8) is 0 Å². The molecule has 2 rings (SSSR count). The summed E-state index contributed by atoms with van der Waals surface area (Å²) in [4.78, 5) is 11.9. The van der Waals surface area contributed by atoms with E-state index in [1.165, 1.54) is 25.7 Å². The van der Waals surface area contributed by atoms with Crippen molar-refractivity contribution in [3.05, 3.63) is 0 Å². The highest BCUT2D eigenvalue weighted by Gasteiger charge is 2.42. The molecule has 4 unspecified atom stereocenters. The number of carbonyl (C=O) groups excluding carboxylic acids is 1. The van der Waals surface area contributed by atoms with Gasteiger partial charge < -0.3 is 5.32 Å². The lowest BCUT2D eigenvalue weighted by Crippen LogP contribution is -2.44. The summed E-state index contributed by atoms with van der Waals surface area (Å²) in [5.41, 5.74) is -0.258. The first kappa shape index (κ1) is 11.9. The van der Waals surface area contributed by atoms with Crippen LogP contribution in [0.4, 0.5) is 0 Å². The zero-order chi connectivity index (χ0) is 11.9. The predicted octanol–water partition coefficient (Wildman–Crippen LogP) is 2.97. The summed E-state index contributed by atoms with van der Waals surface area (Å²) in [6.45, 7) is 8.14. The smallest absolute Gasteiger partial charge is 0.225 e. The molecular weight excluding hydrogens is 198 g/mol. The van der Waals surface area contributed by atoms with Crippen molar-refractivity contribution in [3.8, 4) is 0 Å². The Balaban J connectivity index is 1.89. The second kappa shape index (κ2) is 4.05. The van der Waals surface area contributed by atoms with Gasteiger partial charge in [-0.15, -0.1) is 0 Å². The van der Waals surface area contributed by atoms with Crippen LogP contribution in [0.25, 0.3) is 0 Å². The van der Waals surface area contributed by atoms with Crippen LogP contribution in [0.5, 0.6) is 0 Å². The van der Waals surface area contributed by atoms with Crippen LogP contribution in [-0.2, 0) is 4.79 Å². The van der Waals surface area contributed by atoms with Gasteiger partial charge >= 0.3 is 0 Å². The molecule has 92 valence electrons. The molecule has 2 nitrogen and oxygen atoms in total. The molecule has 0 aliphatic heterocycles. The zero-order valence-corrected chi connectivity index (χ0v) is 11.0. The summed E-state index contributed by atoms with van der Waals surface area (Å²) >= 11 is 0. The fourth-order valence-corrected chi connectivity index (χ4v) is 3.44. The molecule has 0 saturated heterocycles. The highest BCUT2D eigenvalue weighted by molar-refractivity contribution is 5.81. The molecule has 1 N–H and O–H groups in total. The standard InChI is InChI=1S/C14H25NO/c1-9(15-13(16)14(2,3)4)12-8-10-5-6-11(12)7-10/h9-12H,5-8H2,1-4H3,(H,15,16). The Morgan fingerprint density at radius 1 is 1.25 bits per heavy atom. The first-order valence-corrected chi connectivity index (χ1v) is 6.69. The number of rotatable bonds is 2. The van der Waals surface area contributed by atoms with Gasteiger partial charge in [-0.3, -0.25) is 4.79 Å². The Morgan fingerprint density at radius 3 is 2.38 bits per heavy atom. The third-order valence-electron chi connectivity index (χ3n) is 4.47. The average molecular weight is 223 g/mol. The molecule has 2 aliphatic carbocycles. The van der Waals surface area contributed by atoms with E-state index in [1.807, 2.05) is 20.8 Å². The molecular formula is C14H25NO. The third kappa shape index (κ3) is 2.26. The number of nitrogens with one attached hydrogen (secondary N) is 1. The molecule has 4 atom stereocenters. The third-order valence-corrected chi connectivity index (χ3v) is 4.47. The maximum atomic E-state index is 11.9. The normalized spacial score (nSPS) is 35.1. The van der Waals surface area contributed by atoms with Gasteiger partial charge in [0.1, 0.15) is 0 Å². The monoisotopic (exact) mass is 223 g/mol. The van der Waals surface area contributed by atoms with Gasteiger partial charge in [-0.25, -0.2) is 0 Å². The van der Waals surface area contributed by atoms with Crippen LogP contribution in [0.3, 0.4) is 0 Å². The maximum absolute atomic E-state index is 11.9. The largest absolute Gasteiger partial charge is 0.353 e. The topological polar surface area (TPSA) is 29.1 Å². The molecule has 0 spiro atoms. The van der Waals surface area contributed by atoms with Gasteiger partial charge in [-0.05, 0) is 43.9 Å². The van der Waals surface area contributed by atoms with Crippen molar-refractivity contribution >= 4 is 5.91 Å². The first-order chi connectivity index (χ1) is 7.38. The van der Waals surface area contributed by atoms with Crippen LogP contribution < -0.4 is 5.32 Å². The van der Waals surface area contributed by atoms with E-state index in [0.29, 0.717) is 6.04 Å². The quantitative estimate of drug-likeness (QED) is 0.766. The van der Waals surface area contributed by atoms with E-state index in [1.54, 1.807) is 0 Å². The van der Waals surface area contributed by atoms with E-state index >= 15 is 0 Å². The van der Waals surface area contributed by atoms with Gasteiger partial charge in [0, 0.05) is 11.5 Å². The number of amides is 1. The van der Waals surface area contributed by atoms with E-state index in [4.69, 9.17) is 0 Å². The summed E-state index contributed by atoms with van der Waals surface area (Å²) in [6.07, 6.45) is 5.59. The zero-order valence-electron chi connectivity index (χ0n) is 11.0. The molecule has 0 aromatic heterocycles. The molecule has 2 fully saturated rings. The van der Waals surface area contributed by atoms with Crippen LogP contribution in [-0.4, -0.2) is 11.9 Å². The number of hydrogen-bond acceptors (Lipinski definition) is 1. The highest BCUT2D eigenvalue weighted by Crippen LogP contribution is 2.49. The fraction of sp³-hybridized carbons (Fsp3) is 0.929. The Labute approximate surface area is 99.2 Å². The molecule has 0 heterocycles. The van der Waals surface area contributed by atoms with Crippen molar-refractivity contribution in [2.45, 2.75) is 59.4 Å². The van der Waals surface area contributed by atoms with E-state index in [9.17, 15) is 4.79 Å². The van der Waals surface area contributed by atoms with Crippen LogP contribution in [0.15, 0.2) is 0 Å². The Kier molecular flexibility index (Phi) is 3.02. The van der Waals surface area contributed by atoms with E-state index in [0.717, 1.165) is 17.8 Å². The van der Waals surface area contributed by atoms with Crippen molar-refractivity contribution in [1.82, 2.24) is 5.32 Å². The first-order valence-electron chi connectivity index (χ1n) is 6.69. The highest BCUT2D eigenvalue weighted by atomic mass is 16.2. The van der Waals surface area contributed by atoms with E-state index in [-0.39, 0.29) is 11.3 Å². The summed E-state index contributed by atoms with van der Waals surface area (Å²) in [5.74, 6) is 2.79. The molecule has 2 heteroatoms. The maximum Gasteiger partial charge on any atom is 0.225 e. The second-order valence-corrected chi connectivity index (χ2v) is 6.85. The van der Waals surface area contributed by atoms with Gasteiger partial charge in [-0.2, -0.15) is 0 Å². The Hall–Kier alpha value is -0.530. The lowest BCUT2D eigenvalue weighted by molar-refractivity contribution is -0.129. The van der Waals surface area contributed by atoms with E-state index < -0.39 is 0 Å². The fourth-order valence-electron chi connectivity index (χ4n) is 3.44. The Bertz CT molecular complexity index is 279. The van der Waals surface area contributed by atoms with Crippen LogP contribution in [0.1, 0.15) is 53.4 Å². The van der Waals surface area contributed by atoms with Gasteiger partial charge in [0.15, 0.2) is 0 Å². The molecule has 2 saturated carbocycles. The molecule has 0 radical (unpaired) electrons. The molecule has 1 amide bonds. The Morgan fingerprint density at radius 2 is 1.94 bits per heavy atom. The minimum absolute atomic E-state index is 0.197. The molecule has 0 aromatic rings. The van der Waals surface area contributed by atoms with Gasteiger partial charge in [0.2, 0.25) is 5.91 Å². The summed E-state index contributed by atoms with van der Waals surface area (Å²) in [6, 6.07) is 0.363. The van der Waals surface area contributed by atoms with Crippen molar-refractivity contribution in [2.75, 3.05) is 0 Å². The minimum atomic E-state index is -0.258. The summed E-state index contributed by atoms with van der Waals surface area (Å²) in [5, 5.41) is 3.21. The number of hydrogen-bond donors (Lipinski definition) is 1. The van der Waals surface area contributed by atoms with Gasteiger partial charge in [0.25, 0.3) is 0 Å². The van der Waals surface area contributed by atoms with E-state index in [2.05, 4.69) is 12.2 Å². The lowest BCUT2D eigenvalue weighted by Gasteiger charge is -2.30. The van der Waals surface area contributed by atoms with Crippen molar-refractivity contribution in [1.29, 1.82) is 0 Å². The summed E-state index contributed by atoms with van der Waals surface area (Å²) in [7, 11) is 0. The van der Waals surface area contributed by atoms with Crippen molar-refractivity contribution < 1.29 is 4.79 Å². The average Bonchev–Trinajstić information content (AvgIpc) is 2.76. The van der Waals surface area contributed by atoms with Crippen LogP contribution >= 0.6 is 0 Å².